The molecule has 6 nitrogen and oxygen atoms in total. The molecule has 0 atom stereocenters. The maximum absolute atomic E-state index is 12.5. The summed E-state index contributed by atoms with van der Waals surface area (Å²) in [5, 5.41) is 13.1. The quantitative estimate of drug-likeness (QED) is 0.318. The molecule has 2 heterocycles. The van der Waals surface area contributed by atoms with Crippen molar-refractivity contribution in [2.45, 2.75) is 0 Å². The van der Waals surface area contributed by atoms with Crippen molar-refractivity contribution in [3.05, 3.63) is 71.0 Å². The minimum absolute atomic E-state index is 0.0937. The molecule has 0 unspecified atom stereocenters. The predicted molar refractivity (Wildman–Crippen MR) is 118 cm³/mol. The fourth-order valence-corrected chi connectivity index (χ4v) is 3.76. The second-order valence-electron chi connectivity index (χ2n) is 6.19. The van der Waals surface area contributed by atoms with Gasteiger partial charge in [-0.25, -0.2) is 4.98 Å². The highest BCUT2D eigenvalue weighted by Crippen LogP contribution is 2.30. The molecule has 8 heteroatoms. The van der Waals surface area contributed by atoms with Crippen LogP contribution in [0.4, 0.5) is 5.13 Å². The Balaban J connectivity index is 1.53. The number of carbonyl (C=O) groups excluding carboxylic acids is 1. The molecule has 0 saturated heterocycles. The first-order valence-electron chi connectivity index (χ1n) is 8.79. The third-order valence-corrected chi connectivity index (χ3v) is 5.41. The molecule has 0 aliphatic rings. The zero-order chi connectivity index (χ0) is 21.1. The van der Waals surface area contributed by atoms with Crippen molar-refractivity contribution >= 4 is 50.3 Å². The monoisotopic (exact) mass is 435 g/mol. The van der Waals surface area contributed by atoms with Crippen LogP contribution in [0.1, 0.15) is 5.76 Å². The van der Waals surface area contributed by atoms with Crippen molar-refractivity contribution in [2.75, 3.05) is 12.4 Å². The van der Waals surface area contributed by atoms with E-state index in [-0.39, 0.29) is 5.57 Å². The Labute approximate surface area is 181 Å². The normalized spacial score (nSPS) is 11.3. The van der Waals surface area contributed by atoms with Gasteiger partial charge in [0.25, 0.3) is 5.91 Å². The van der Waals surface area contributed by atoms with Crippen molar-refractivity contribution < 1.29 is 13.9 Å². The van der Waals surface area contributed by atoms with E-state index >= 15 is 0 Å². The van der Waals surface area contributed by atoms with Gasteiger partial charge >= 0.3 is 0 Å². The topological polar surface area (TPSA) is 88.1 Å². The molecule has 30 heavy (non-hydrogen) atoms. The molecule has 1 N–H and O–H groups in total. The lowest BCUT2D eigenvalue weighted by atomic mass is 10.2. The number of rotatable bonds is 5. The SMILES string of the molecule is COc1ccc2nc(NC(=O)/C(C#N)=C\c3ccc(-c4ccc(Cl)cc4)o3)sc2c1. The number of furan rings is 1. The summed E-state index contributed by atoms with van der Waals surface area (Å²) in [5.74, 6) is 1.14. The van der Waals surface area contributed by atoms with E-state index in [2.05, 4.69) is 10.3 Å². The number of fused-ring (bicyclic) bond motifs is 1. The first kappa shape index (κ1) is 19.7. The lowest BCUT2D eigenvalue weighted by Crippen LogP contribution is -2.13. The summed E-state index contributed by atoms with van der Waals surface area (Å²) in [6.45, 7) is 0. The molecule has 0 saturated carbocycles. The van der Waals surface area contributed by atoms with E-state index in [0.717, 1.165) is 15.8 Å². The number of amides is 1. The summed E-state index contributed by atoms with van der Waals surface area (Å²) in [6.07, 6.45) is 1.39. The third kappa shape index (κ3) is 4.20. The Morgan fingerprint density at radius 1 is 1.23 bits per heavy atom. The number of nitrogens with zero attached hydrogens (tertiary/aromatic N) is 2. The minimum atomic E-state index is -0.562. The van der Waals surface area contributed by atoms with Gasteiger partial charge in [0.15, 0.2) is 5.13 Å². The number of nitrogens with one attached hydrogen (secondary N) is 1. The van der Waals surface area contributed by atoms with Crippen LogP contribution in [0.2, 0.25) is 5.02 Å². The van der Waals surface area contributed by atoms with Gasteiger partial charge in [0.1, 0.15) is 28.9 Å². The maximum atomic E-state index is 12.5. The highest BCUT2D eigenvalue weighted by atomic mass is 35.5. The zero-order valence-electron chi connectivity index (χ0n) is 15.7. The number of nitriles is 1. The molecule has 0 radical (unpaired) electrons. The number of ether oxygens (including phenoxy) is 1. The number of halogens is 1. The van der Waals surface area contributed by atoms with Crippen LogP contribution >= 0.6 is 22.9 Å². The lowest BCUT2D eigenvalue weighted by molar-refractivity contribution is -0.112. The van der Waals surface area contributed by atoms with Gasteiger partial charge in [-0.05, 0) is 54.6 Å². The molecule has 1 amide bonds. The van der Waals surface area contributed by atoms with Gasteiger partial charge in [-0.1, -0.05) is 22.9 Å². The Kier molecular flexibility index (Phi) is 5.53. The molecule has 0 aliphatic carbocycles. The second-order valence-corrected chi connectivity index (χ2v) is 7.65. The van der Waals surface area contributed by atoms with Crippen molar-refractivity contribution in [1.82, 2.24) is 4.98 Å². The van der Waals surface area contributed by atoms with Gasteiger partial charge < -0.3 is 9.15 Å². The largest absolute Gasteiger partial charge is 0.497 e. The molecule has 0 spiro atoms. The summed E-state index contributed by atoms with van der Waals surface area (Å²) in [4.78, 5) is 16.9. The molecular weight excluding hydrogens is 422 g/mol. The average molecular weight is 436 g/mol. The first-order valence-corrected chi connectivity index (χ1v) is 9.98. The molecule has 4 aromatic rings. The fourth-order valence-electron chi connectivity index (χ4n) is 2.74. The van der Waals surface area contributed by atoms with Crippen molar-refractivity contribution in [3.63, 3.8) is 0 Å². The van der Waals surface area contributed by atoms with Gasteiger partial charge in [0, 0.05) is 16.7 Å². The second kappa shape index (κ2) is 8.41. The lowest BCUT2D eigenvalue weighted by Gasteiger charge is -1.99. The average Bonchev–Trinajstić information content (AvgIpc) is 3.38. The van der Waals surface area contributed by atoms with Crippen LogP contribution in [0.5, 0.6) is 5.75 Å². The van der Waals surface area contributed by atoms with Crippen molar-refractivity contribution in [2.24, 2.45) is 0 Å². The van der Waals surface area contributed by atoms with Crippen LogP contribution in [-0.2, 0) is 4.79 Å². The van der Waals surface area contributed by atoms with E-state index in [1.165, 1.54) is 17.4 Å². The van der Waals surface area contributed by atoms with E-state index in [0.29, 0.717) is 27.4 Å². The standard InChI is InChI=1S/C22H14ClN3O3S/c1-28-16-6-8-18-20(11-16)30-22(25-18)26-21(27)14(12-24)10-17-7-9-19(29-17)13-2-4-15(23)5-3-13/h2-11H,1H3,(H,25,26,27)/b14-10-. The molecule has 0 fully saturated rings. The Morgan fingerprint density at radius 3 is 2.77 bits per heavy atom. The smallest absolute Gasteiger partial charge is 0.268 e. The van der Waals surface area contributed by atoms with Gasteiger partial charge in [-0.2, -0.15) is 5.26 Å². The first-order chi connectivity index (χ1) is 14.6. The molecular formula is C22H14ClN3O3S. The van der Waals surface area contributed by atoms with Gasteiger partial charge in [0.05, 0.1) is 17.3 Å². The van der Waals surface area contributed by atoms with Crippen LogP contribution in [0.15, 0.2) is 64.6 Å². The molecule has 0 aliphatic heterocycles. The summed E-state index contributed by atoms with van der Waals surface area (Å²) >= 11 is 7.20. The number of aromatic nitrogens is 1. The van der Waals surface area contributed by atoms with E-state index in [1.54, 1.807) is 37.4 Å². The molecule has 4 rings (SSSR count). The summed E-state index contributed by atoms with van der Waals surface area (Å²) in [5.41, 5.74) is 1.48. The molecule has 2 aromatic carbocycles. The number of carbonyl (C=O) groups is 1. The van der Waals surface area contributed by atoms with Gasteiger partial charge in [-0.15, -0.1) is 0 Å². The number of hydrogen-bond donors (Lipinski definition) is 1. The van der Waals surface area contributed by atoms with Gasteiger partial charge in [0.2, 0.25) is 0 Å². The maximum Gasteiger partial charge on any atom is 0.268 e. The van der Waals surface area contributed by atoms with Crippen LogP contribution in [-0.4, -0.2) is 18.0 Å². The van der Waals surface area contributed by atoms with E-state index < -0.39 is 5.91 Å². The summed E-state index contributed by atoms with van der Waals surface area (Å²) in [6, 6.07) is 18.0. The van der Waals surface area contributed by atoms with Crippen LogP contribution in [0.25, 0.3) is 27.6 Å². The van der Waals surface area contributed by atoms with Crippen LogP contribution < -0.4 is 10.1 Å². The predicted octanol–water partition coefficient (Wildman–Crippen LogP) is 5.76. The zero-order valence-corrected chi connectivity index (χ0v) is 17.3. The highest BCUT2D eigenvalue weighted by Gasteiger charge is 2.14. The van der Waals surface area contributed by atoms with E-state index in [4.69, 9.17) is 20.8 Å². The molecule has 2 aromatic heterocycles. The number of anilines is 1. The van der Waals surface area contributed by atoms with Crippen molar-refractivity contribution in [3.8, 4) is 23.1 Å². The Hall–Kier alpha value is -3.60. The van der Waals surface area contributed by atoms with Crippen LogP contribution in [0.3, 0.4) is 0 Å². The number of benzene rings is 2. The fraction of sp³-hybridized carbons (Fsp3) is 0.0455. The highest BCUT2D eigenvalue weighted by molar-refractivity contribution is 7.22. The molecule has 148 valence electrons. The van der Waals surface area contributed by atoms with Crippen molar-refractivity contribution in [1.29, 1.82) is 5.26 Å². The summed E-state index contributed by atoms with van der Waals surface area (Å²) < 4.78 is 11.8. The van der Waals surface area contributed by atoms with E-state index in [9.17, 15) is 10.1 Å². The minimum Gasteiger partial charge on any atom is -0.497 e. The number of hydrogen-bond acceptors (Lipinski definition) is 6. The van der Waals surface area contributed by atoms with Gasteiger partial charge in [-0.3, -0.25) is 10.1 Å². The Bertz CT molecular complexity index is 1300. The van der Waals surface area contributed by atoms with E-state index in [1.807, 2.05) is 30.3 Å². The molecule has 0 bridgehead atoms. The number of thiazole rings is 1. The third-order valence-electron chi connectivity index (χ3n) is 4.22. The number of methoxy groups -OCH3 is 1. The Morgan fingerprint density at radius 2 is 2.03 bits per heavy atom. The summed E-state index contributed by atoms with van der Waals surface area (Å²) in [7, 11) is 1.59. The van der Waals surface area contributed by atoms with Crippen LogP contribution in [0, 0.1) is 11.3 Å².